The van der Waals surface area contributed by atoms with Crippen molar-refractivity contribution in [1.82, 2.24) is 20.4 Å². The molecule has 0 saturated heterocycles. The second-order valence-corrected chi connectivity index (χ2v) is 19.8. The largest absolute Gasteiger partial charge is 0.497 e. The van der Waals surface area contributed by atoms with Gasteiger partial charge in [0.2, 0.25) is 11.8 Å². The van der Waals surface area contributed by atoms with Crippen LogP contribution in [0, 0.1) is 0 Å². The standard InChI is InChI=1S/C64H56N4O16/c1-7-21-65-59(71)45(31-69)67-61(73)41-27-47(81-37-17-9-13-33(23-37)77-3)53-55-49(83-39-19-11-15-35(25-39)79-5)29-43-52-44(64(76)68(63(43)75)46(32-70)60(72)66-22-8-2)30-50(84-40-20-12-16-36(26-40)80-6)56(58(52)55)54-48(28-42(62(67)74)51(41)57(53)54)82-38-18-10-14-34(24-38)78-4/h9-20,23-30,45-46,69-70H,7-8,21-22,31-32H2,1-6H3,(H,65,71)(H,66,72). The summed E-state index contributed by atoms with van der Waals surface area (Å²) in [7, 11) is 5.92. The number of fused-ring (bicyclic) bond motifs is 2. The van der Waals surface area contributed by atoms with Crippen LogP contribution in [-0.4, -0.2) is 122 Å². The Labute approximate surface area is 480 Å². The van der Waals surface area contributed by atoms with Crippen LogP contribution in [0.3, 0.4) is 0 Å². The predicted molar refractivity (Wildman–Crippen MR) is 309 cm³/mol. The zero-order chi connectivity index (χ0) is 59.1. The molecule has 0 aliphatic carbocycles. The second-order valence-electron chi connectivity index (χ2n) is 19.8. The van der Waals surface area contributed by atoms with E-state index in [9.17, 15) is 19.8 Å². The lowest BCUT2D eigenvalue weighted by atomic mass is 9.80. The van der Waals surface area contributed by atoms with Crippen LogP contribution in [0.4, 0.5) is 0 Å². The number of carbonyl (C=O) groups excluding carboxylic acids is 6. The first-order valence-corrected chi connectivity index (χ1v) is 27.0. The fourth-order valence-electron chi connectivity index (χ4n) is 10.9. The molecular weight excluding hydrogens is 1080 g/mol. The summed E-state index contributed by atoms with van der Waals surface area (Å²) < 4.78 is 50.4. The van der Waals surface area contributed by atoms with E-state index in [-0.39, 0.29) is 124 Å². The summed E-state index contributed by atoms with van der Waals surface area (Å²) in [5.41, 5.74) is -0.522. The van der Waals surface area contributed by atoms with Gasteiger partial charge in [-0.25, -0.2) is 0 Å². The van der Waals surface area contributed by atoms with E-state index in [1.54, 1.807) is 97.1 Å². The van der Waals surface area contributed by atoms with Gasteiger partial charge in [0, 0.05) is 80.4 Å². The van der Waals surface area contributed by atoms with E-state index in [1.807, 2.05) is 13.8 Å². The van der Waals surface area contributed by atoms with Crippen LogP contribution >= 0.6 is 0 Å². The highest BCUT2D eigenvalue weighted by Crippen LogP contribution is 2.58. The normalized spacial score (nSPS) is 13.6. The van der Waals surface area contributed by atoms with Crippen molar-refractivity contribution in [2.45, 2.75) is 38.8 Å². The molecule has 2 atom stereocenters. The molecule has 20 heteroatoms. The number of hydrogen-bond acceptors (Lipinski definition) is 16. The van der Waals surface area contributed by atoms with Crippen molar-refractivity contribution in [3.05, 3.63) is 144 Å². The Balaban J connectivity index is 1.38. The monoisotopic (exact) mass is 1140 g/mol. The van der Waals surface area contributed by atoms with E-state index in [1.165, 1.54) is 52.7 Å². The summed E-state index contributed by atoms with van der Waals surface area (Å²) >= 11 is 0. The number of ether oxygens (including phenoxy) is 8. The Morgan fingerprint density at radius 3 is 0.869 bits per heavy atom. The molecule has 0 aromatic heterocycles. The van der Waals surface area contributed by atoms with Crippen LogP contribution in [0.25, 0.3) is 43.1 Å². The highest BCUT2D eigenvalue weighted by molar-refractivity contribution is 6.45. The first-order valence-electron chi connectivity index (χ1n) is 27.0. The number of hydrogen-bond donors (Lipinski definition) is 4. The van der Waals surface area contributed by atoms with Gasteiger partial charge in [0.25, 0.3) is 23.6 Å². The van der Waals surface area contributed by atoms with Gasteiger partial charge in [0.05, 0.1) is 63.9 Å². The summed E-state index contributed by atoms with van der Waals surface area (Å²) in [5, 5.41) is 28.4. The summed E-state index contributed by atoms with van der Waals surface area (Å²) in [5.74, 6) is -3.17. The van der Waals surface area contributed by atoms with Crippen molar-refractivity contribution >= 4 is 78.5 Å². The van der Waals surface area contributed by atoms with Crippen molar-refractivity contribution in [1.29, 1.82) is 0 Å². The number of benzene rings is 9. The van der Waals surface area contributed by atoms with Crippen LogP contribution in [0.2, 0.25) is 0 Å². The number of nitrogens with zero attached hydrogens (tertiary/aromatic N) is 2. The molecule has 0 bridgehead atoms. The van der Waals surface area contributed by atoms with Crippen molar-refractivity contribution in [3.63, 3.8) is 0 Å². The maximum Gasteiger partial charge on any atom is 0.262 e. The summed E-state index contributed by atoms with van der Waals surface area (Å²) in [6, 6.07) is 28.9. The number of rotatable bonds is 22. The Hall–Kier alpha value is -10.2. The Morgan fingerprint density at radius 1 is 0.393 bits per heavy atom. The summed E-state index contributed by atoms with van der Waals surface area (Å²) in [4.78, 5) is 91.6. The Kier molecular flexibility index (Phi) is 15.2. The van der Waals surface area contributed by atoms with Crippen LogP contribution in [0.5, 0.6) is 69.0 Å². The maximum absolute atomic E-state index is 15.6. The molecule has 9 aromatic rings. The molecule has 0 fully saturated rings. The molecule has 2 unspecified atom stereocenters. The summed E-state index contributed by atoms with van der Waals surface area (Å²) in [6.45, 7) is 2.15. The van der Waals surface area contributed by atoms with Gasteiger partial charge < -0.3 is 58.7 Å². The molecule has 0 spiro atoms. The van der Waals surface area contributed by atoms with Gasteiger partial charge in [-0.1, -0.05) is 38.1 Å². The van der Waals surface area contributed by atoms with E-state index in [2.05, 4.69) is 10.6 Å². The average Bonchev–Trinajstić information content (AvgIpc) is 0.758. The van der Waals surface area contributed by atoms with Crippen molar-refractivity contribution in [2.75, 3.05) is 54.7 Å². The molecule has 2 heterocycles. The maximum atomic E-state index is 15.6. The fourth-order valence-corrected chi connectivity index (χ4v) is 10.9. The van der Waals surface area contributed by atoms with Gasteiger partial charge >= 0.3 is 0 Å². The van der Waals surface area contributed by atoms with Crippen LogP contribution in [-0.2, 0) is 9.59 Å². The first-order chi connectivity index (χ1) is 40.8. The first kappa shape index (κ1) is 55.7. The van der Waals surface area contributed by atoms with Gasteiger partial charge in [-0.15, -0.1) is 0 Å². The van der Waals surface area contributed by atoms with Crippen LogP contribution < -0.4 is 48.5 Å². The van der Waals surface area contributed by atoms with E-state index in [0.717, 1.165) is 9.80 Å². The number of carbonyl (C=O) groups is 6. The minimum atomic E-state index is -1.70. The van der Waals surface area contributed by atoms with Crippen LogP contribution in [0.15, 0.2) is 121 Å². The third-order valence-corrected chi connectivity index (χ3v) is 14.7. The number of amides is 6. The lowest BCUT2D eigenvalue weighted by molar-refractivity contribution is -0.126. The van der Waals surface area contributed by atoms with E-state index in [0.29, 0.717) is 35.8 Å². The van der Waals surface area contributed by atoms with Crippen LogP contribution in [0.1, 0.15) is 68.1 Å². The number of nitrogens with one attached hydrogen (secondary N) is 2. The molecule has 4 N–H and O–H groups in total. The Bertz CT molecular complexity index is 3670. The summed E-state index contributed by atoms with van der Waals surface area (Å²) in [6.07, 6.45) is 1.03. The number of methoxy groups -OCH3 is 4. The van der Waals surface area contributed by atoms with Gasteiger partial charge in [0.15, 0.2) is 0 Å². The lowest BCUT2D eigenvalue weighted by Gasteiger charge is -2.35. The zero-order valence-corrected chi connectivity index (χ0v) is 46.4. The van der Waals surface area contributed by atoms with E-state index < -0.39 is 60.7 Å². The highest BCUT2D eigenvalue weighted by Gasteiger charge is 2.46. The number of imide groups is 2. The fraction of sp³-hybridized carbons (Fsp3) is 0.219. The average molecular weight is 1140 g/mol. The third-order valence-electron chi connectivity index (χ3n) is 14.7. The Morgan fingerprint density at radius 2 is 0.643 bits per heavy atom. The van der Waals surface area contributed by atoms with Crippen molar-refractivity contribution < 1.29 is 76.9 Å². The second kappa shape index (κ2) is 23.0. The van der Waals surface area contributed by atoms with E-state index >= 15 is 19.2 Å². The van der Waals surface area contributed by atoms with E-state index in [4.69, 9.17) is 37.9 Å². The third kappa shape index (κ3) is 9.59. The van der Waals surface area contributed by atoms with Crippen molar-refractivity contribution in [2.24, 2.45) is 0 Å². The SMILES string of the molecule is CCCNC(=O)C(CO)N1C(=O)c2cc(Oc3cccc(OC)c3)c3c4c(Oc5cccc(OC)c5)cc5c6c(cc(Oc7cccc(OC)c7)c(c7c(Oc8cccc(OC)c8)cc(c2c37)C1=O)c64)C(=O)N(C(CO)C(=O)NCCC)C5=O. The molecule has 0 saturated carbocycles. The molecule has 6 amide bonds. The minimum Gasteiger partial charge on any atom is -0.497 e. The number of aliphatic hydroxyl groups is 2. The molecule has 2 aliphatic rings. The molecule has 2 aliphatic heterocycles. The predicted octanol–water partition coefficient (Wildman–Crippen LogP) is 9.91. The number of aliphatic hydroxyl groups excluding tert-OH is 2. The molecular formula is C64H56N4O16. The van der Waals surface area contributed by atoms with Gasteiger partial charge in [-0.05, 0) is 85.6 Å². The van der Waals surface area contributed by atoms with Gasteiger partial charge in [0.1, 0.15) is 81.1 Å². The molecule has 9 aromatic carbocycles. The lowest BCUT2D eigenvalue weighted by Crippen LogP contribution is -2.55. The molecule has 84 heavy (non-hydrogen) atoms. The highest BCUT2D eigenvalue weighted by atomic mass is 16.5. The van der Waals surface area contributed by atoms with Gasteiger partial charge in [-0.3, -0.25) is 38.6 Å². The topological polar surface area (TPSA) is 247 Å². The molecule has 0 radical (unpaired) electrons. The van der Waals surface area contributed by atoms with Crippen molar-refractivity contribution in [3.8, 4) is 69.0 Å². The zero-order valence-electron chi connectivity index (χ0n) is 46.4. The quantitative estimate of drug-likeness (QED) is 0.0280. The smallest absolute Gasteiger partial charge is 0.262 e. The minimum absolute atomic E-state index is 0.0461. The molecule has 11 rings (SSSR count). The van der Waals surface area contributed by atoms with Gasteiger partial charge in [-0.2, -0.15) is 0 Å². The molecule has 428 valence electrons. The molecule has 20 nitrogen and oxygen atoms in total.